The molecule has 2 fully saturated rings. The van der Waals surface area contributed by atoms with Gasteiger partial charge in [0.25, 0.3) is 0 Å². The van der Waals surface area contributed by atoms with Crippen LogP contribution in [0.4, 0.5) is 0 Å². The summed E-state index contributed by atoms with van der Waals surface area (Å²) in [5, 5.41) is 3.47. The number of nitrogens with one attached hydrogen (secondary N) is 1. The Morgan fingerprint density at radius 3 is 2.72 bits per heavy atom. The van der Waals surface area contributed by atoms with Crippen molar-refractivity contribution in [3.63, 3.8) is 0 Å². The molecule has 1 saturated carbocycles. The zero-order chi connectivity index (χ0) is 12.4. The summed E-state index contributed by atoms with van der Waals surface area (Å²) in [6, 6.07) is 0. The Hall–Kier alpha value is -0.760. The summed E-state index contributed by atoms with van der Waals surface area (Å²) < 4.78 is 6.42. The van der Waals surface area contributed by atoms with Crippen LogP contribution in [0.15, 0.2) is 23.5 Å². The Kier molecular flexibility index (Phi) is 3.47. The number of allylic oxidation sites excluding steroid dienone is 3. The summed E-state index contributed by atoms with van der Waals surface area (Å²) in [6.07, 6.45) is 13.6. The van der Waals surface area contributed by atoms with E-state index in [4.69, 9.17) is 4.74 Å². The van der Waals surface area contributed by atoms with Gasteiger partial charge in [0.2, 0.25) is 0 Å². The zero-order valence-corrected chi connectivity index (χ0v) is 11.5. The fraction of sp³-hybridized carbons (Fsp3) is 0.750. The standard InChI is InChI=1S/C16H25NO/c1-16(10-5-11-17-12-16)18-15-9-3-2-8-14(15)13-6-4-7-13/h8-9,13,17H,2-7,10-12H2,1H3/t16-/m1/s1. The molecule has 2 nitrogen and oxygen atoms in total. The number of piperidine rings is 1. The molecule has 3 aliphatic rings. The molecule has 1 atom stereocenters. The molecule has 18 heavy (non-hydrogen) atoms. The summed E-state index contributed by atoms with van der Waals surface area (Å²) in [4.78, 5) is 0. The summed E-state index contributed by atoms with van der Waals surface area (Å²) in [5.74, 6) is 1.99. The van der Waals surface area contributed by atoms with Gasteiger partial charge in [-0.2, -0.15) is 0 Å². The normalized spacial score (nSPS) is 33.4. The van der Waals surface area contributed by atoms with Gasteiger partial charge in [0.05, 0.1) is 0 Å². The second kappa shape index (κ2) is 5.08. The van der Waals surface area contributed by atoms with Crippen LogP contribution in [0.5, 0.6) is 0 Å². The van der Waals surface area contributed by atoms with Crippen molar-refractivity contribution in [3.8, 4) is 0 Å². The lowest BCUT2D eigenvalue weighted by Crippen LogP contribution is -2.45. The van der Waals surface area contributed by atoms with Crippen molar-refractivity contribution in [2.75, 3.05) is 13.1 Å². The Labute approximate surface area is 110 Å². The van der Waals surface area contributed by atoms with Crippen molar-refractivity contribution < 1.29 is 4.74 Å². The quantitative estimate of drug-likeness (QED) is 0.823. The topological polar surface area (TPSA) is 21.3 Å². The van der Waals surface area contributed by atoms with Crippen LogP contribution in [-0.2, 0) is 4.74 Å². The van der Waals surface area contributed by atoms with Crippen molar-refractivity contribution >= 4 is 0 Å². The smallest absolute Gasteiger partial charge is 0.119 e. The van der Waals surface area contributed by atoms with Gasteiger partial charge in [0.15, 0.2) is 0 Å². The molecule has 0 radical (unpaired) electrons. The monoisotopic (exact) mass is 247 g/mol. The molecule has 3 rings (SSSR count). The highest BCUT2D eigenvalue weighted by atomic mass is 16.5. The molecule has 1 aliphatic heterocycles. The fourth-order valence-electron chi connectivity index (χ4n) is 3.24. The van der Waals surface area contributed by atoms with Crippen molar-refractivity contribution in [1.29, 1.82) is 0 Å². The highest BCUT2D eigenvalue weighted by Gasteiger charge is 2.33. The largest absolute Gasteiger partial charge is 0.486 e. The predicted octanol–water partition coefficient (Wildman–Crippen LogP) is 3.55. The lowest BCUT2D eigenvalue weighted by molar-refractivity contribution is -0.00106. The van der Waals surface area contributed by atoms with Gasteiger partial charge in [0, 0.05) is 6.54 Å². The molecule has 1 saturated heterocycles. The minimum absolute atomic E-state index is 0.00423. The van der Waals surface area contributed by atoms with Crippen LogP contribution < -0.4 is 5.32 Å². The molecule has 2 aliphatic carbocycles. The van der Waals surface area contributed by atoms with Crippen LogP contribution in [0, 0.1) is 5.92 Å². The van der Waals surface area contributed by atoms with Crippen molar-refractivity contribution in [1.82, 2.24) is 5.32 Å². The molecule has 0 unspecified atom stereocenters. The maximum atomic E-state index is 6.42. The second-order valence-corrected chi connectivity index (χ2v) is 6.27. The average Bonchev–Trinajstić information content (AvgIpc) is 2.30. The maximum Gasteiger partial charge on any atom is 0.119 e. The average molecular weight is 247 g/mol. The lowest BCUT2D eigenvalue weighted by atomic mass is 9.77. The van der Waals surface area contributed by atoms with E-state index in [9.17, 15) is 0 Å². The lowest BCUT2D eigenvalue weighted by Gasteiger charge is -2.39. The predicted molar refractivity (Wildman–Crippen MR) is 74.3 cm³/mol. The van der Waals surface area contributed by atoms with Gasteiger partial charge < -0.3 is 10.1 Å². The first-order chi connectivity index (χ1) is 8.77. The van der Waals surface area contributed by atoms with Gasteiger partial charge in [-0.3, -0.25) is 0 Å². The molecule has 0 aromatic rings. The van der Waals surface area contributed by atoms with Crippen LogP contribution in [-0.4, -0.2) is 18.7 Å². The molecule has 0 aromatic carbocycles. The highest BCUT2D eigenvalue weighted by Crippen LogP contribution is 2.40. The highest BCUT2D eigenvalue weighted by molar-refractivity contribution is 5.33. The van der Waals surface area contributed by atoms with Crippen LogP contribution in [0.1, 0.15) is 51.9 Å². The van der Waals surface area contributed by atoms with E-state index < -0.39 is 0 Å². The Morgan fingerprint density at radius 2 is 2.06 bits per heavy atom. The molecule has 0 bridgehead atoms. The third-order valence-electron chi connectivity index (χ3n) is 4.60. The van der Waals surface area contributed by atoms with Gasteiger partial charge >= 0.3 is 0 Å². The van der Waals surface area contributed by atoms with Gasteiger partial charge in [-0.05, 0) is 69.6 Å². The Bertz CT molecular complexity index is 359. The van der Waals surface area contributed by atoms with E-state index in [0.29, 0.717) is 0 Å². The molecular weight excluding hydrogens is 222 g/mol. The van der Waals surface area contributed by atoms with Crippen LogP contribution in [0.3, 0.4) is 0 Å². The number of hydrogen-bond donors (Lipinski definition) is 1. The van der Waals surface area contributed by atoms with Gasteiger partial charge in [-0.25, -0.2) is 0 Å². The fourth-order valence-corrected chi connectivity index (χ4v) is 3.24. The summed E-state index contributed by atoms with van der Waals surface area (Å²) in [6.45, 7) is 4.39. The van der Waals surface area contributed by atoms with E-state index in [0.717, 1.165) is 25.4 Å². The van der Waals surface area contributed by atoms with Crippen molar-refractivity contribution in [2.24, 2.45) is 5.92 Å². The number of rotatable bonds is 3. The Morgan fingerprint density at radius 1 is 1.22 bits per heavy atom. The first kappa shape index (κ1) is 12.3. The van der Waals surface area contributed by atoms with E-state index in [1.165, 1.54) is 49.9 Å². The summed E-state index contributed by atoms with van der Waals surface area (Å²) >= 11 is 0. The summed E-state index contributed by atoms with van der Waals surface area (Å²) in [7, 11) is 0. The van der Waals surface area contributed by atoms with Crippen LogP contribution >= 0.6 is 0 Å². The van der Waals surface area contributed by atoms with Gasteiger partial charge in [0.1, 0.15) is 11.4 Å². The van der Waals surface area contributed by atoms with E-state index in [-0.39, 0.29) is 5.60 Å². The molecule has 100 valence electrons. The van der Waals surface area contributed by atoms with E-state index in [2.05, 4.69) is 24.4 Å². The zero-order valence-electron chi connectivity index (χ0n) is 11.5. The van der Waals surface area contributed by atoms with Gasteiger partial charge in [-0.1, -0.05) is 12.5 Å². The molecule has 2 heteroatoms. The third-order valence-corrected chi connectivity index (χ3v) is 4.60. The van der Waals surface area contributed by atoms with Crippen molar-refractivity contribution in [2.45, 2.75) is 57.5 Å². The van der Waals surface area contributed by atoms with Crippen LogP contribution in [0.2, 0.25) is 0 Å². The Balaban J connectivity index is 1.69. The third kappa shape index (κ3) is 2.49. The first-order valence-corrected chi connectivity index (χ1v) is 7.57. The van der Waals surface area contributed by atoms with Gasteiger partial charge in [-0.15, -0.1) is 0 Å². The SMILES string of the molecule is C[C@@]1(OC2=CCCC=C2C2CCC2)CCCNC1. The molecule has 0 aromatic heterocycles. The number of ether oxygens (including phenoxy) is 1. The minimum atomic E-state index is 0.00423. The first-order valence-electron chi connectivity index (χ1n) is 7.57. The molecular formula is C16H25NO. The second-order valence-electron chi connectivity index (χ2n) is 6.27. The molecule has 1 N–H and O–H groups in total. The van der Waals surface area contributed by atoms with E-state index in [1.54, 1.807) is 0 Å². The van der Waals surface area contributed by atoms with Crippen molar-refractivity contribution in [3.05, 3.63) is 23.5 Å². The minimum Gasteiger partial charge on any atom is -0.486 e. The van der Waals surface area contributed by atoms with Crippen LogP contribution in [0.25, 0.3) is 0 Å². The molecule has 1 heterocycles. The maximum absolute atomic E-state index is 6.42. The number of hydrogen-bond acceptors (Lipinski definition) is 2. The van der Waals surface area contributed by atoms with E-state index in [1.807, 2.05) is 0 Å². The molecule has 0 amide bonds. The molecule has 0 spiro atoms. The summed E-state index contributed by atoms with van der Waals surface area (Å²) in [5.41, 5.74) is 1.52. The van der Waals surface area contributed by atoms with E-state index >= 15 is 0 Å².